The predicted molar refractivity (Wildman–Crippen MR) is 84.1 cm³/mol. The Morgan fingerprint density at radius 2 is 2.33 bits per heavy atom. The van der Waals surface area contributed by atoms with E-state index in [1.165, 1.54) is 18.4 Å². The smallest absolute Gasteiger partial charge is 0.241 e. The summed E-state index contributed by atoms with van der Waals surface area (Å²) in [6.45, 7) is 4.49. The van der Waals surface area contributed by atoms with Gasteiger partial charge in [-0.25, -0.2) is 0 Å². The van der Waals surface area contributed by atoms with Gasteiger partial charge in [0.15, 0.2) is 0 Å². The molecular formula is C16H24N2O2S. The largest absolute Gasteiger partial charge is 0.381 e. The molecule has 3 rings (SSSR count). The SMILES string of the molecule is CCC1NC(c2ccsc2)N(CCCOCC2CC2)C1=O. The fourth-order valence-corrected chi connectivity index (χ4v) is 3.47. The van der Waals surface area contributed by atoms with Gasteiger partial charge in [-0.2, -0.15) is 11.3 Å². The van der Waals surface area contributed by atoms with Crippen molar-refractivity contribution in [3.8, 4) is 0 Å². The van der Waals surface area contributed by atoms with Crippen LogP contribution in [0, 0.1) is 5.92 Å². The summed E-state index contributed by atoms with van der Waals surface area (Å²) < 4.78 is 5.68. The molecule has 2 heterocycles. The minimum Gasteiger partial charge on any atom is -0.381 e. The Bertz CT molecular complexity index is 459. The van der Waals surface area contributed by atoms with Gasteiger partial charge in [0.2, 0.25) is 5.91 Å². The fraction of sp³-hybridized carbons (Fsp3) is 0.688. The highest BCUT2D eigenvalue weighted by Crippen LogP contribution is 2.29. The van der Waals surface area contributed by atoms with Gasteiger partial charge in [-0.15, -0.1) is 0 Å². The fourth-order valence-electron chi connectivity index (χ4n) is 2.79. The van der Waals surface area contributed by atoms with Gasteiger partial charge < -0.3 is 9.64 Å². The molecule has 1 N–H and O–H groups in total. The Morgan fingerprint density at radius 3 is 3.00 bits per heavy atom. The van der Waals surface area contributed by atoms with Crippen LogP contribution in [0.4, 0.5) is 0 Å². The summed E-state index contributed by atoms with van der Waals surface area (Å²) in [7, 11) is 0. The van der Waals surface area contributed by atoms with Crippen molar-refractivity contribution >= 4 is 17.2 Å². The molecule has 1 aliphatic carbocycles. The van der Waals surface area contributed by atoms with E-state index < -0.39 is 0 Å². The summed E-state index contributed by atoms with van der Waals surface area (Å²) in [5, 5.41) is 7.65. The van der Waals surface area contributed by atoms with Crippen molar-refractivity contribution in [1.82, 2.24) is 10.2 Å². The standard InChI is InChI=1S/C16H24N2O2S/c1-2-14-16(19)18(7-3-8-20-10-12-4-5-12)15(17-14)13-6-9-21-11-13/h6,9,11-12,14-15,17H,2-5,7-8,10H2,1H3. The number of nitrogens with zero attached hydrogens (tertiary/aromatic N) is 1. The summed E-state index contributed by atoms with van der Waals surface area (Å²) in [4.78, 5) is 14.4. The van der Waals surface area contributed by atoms with Crippen molar-refractivity contribution in [1.29, 1.82) is 0 Å². The zero-order valence-electron chi connectivity index (χ0n) is 12.6. The van der Waals surface area contributed by atoms with E-state index in [1.807, 2.05) is 4.90 Å². The second kappa shape index (κ2) is 6.90. The highest BCUT2D eigenvalue weighted by Gasteiger charge is 2.38. The molecule has 1 saturated heterocycles. The summed E-state index contributed by atoms with van der Waals surface area (Å²) >= 11 is 1.68. The summed E-state index contributed by atoms with van der Waals surface area (Å²) in [5.41, 5.74) is 1.20. The first-order valence-electron chi connectivity index (χ1n) is 7.96. The molecule has 4 nitrogen and oxygen atoms in total. The Labute approximate surface area is 130 Å². The first-order chi connectivity index (χ1) is 10.3. The number of hydrogen-bond acceptors (Lipinski definition) is 4. The monoisotopic (exact) mass is 308 g/mol. The topological polar surface area (TPSA) is 41.6 Å². The molecule has 1 saturated carbocycles. The van der Waals surface area contributed by atoms with Crippen molar-refractivity contribution < 1.29 is 9.53 Å². The summed E-state index contributed by atoms with van der Waals surface area (Å²) in [6.07, 6.45) is 4.45. The van der Waals surface area contributed by atoms with Crippen molar-refractivity contribution in [2.45, 2.75) is 44.8 Å². The molecule has 1 aliphatic heterocycles. The van der Waals surface area contributed by atoms with E-state index in [2.05, 4.69) is 29.1 Å². The second-order valence-corrected chi connectivity index (χ2v) is 6.77. The number of amides is 1. The van der Waals surface area contributed by atoms with Crippen molar-refractivity contribution in [2.75, 3.05) is 19.8 Å². The molecule has 21 heavy (non-hydrogen) atoms. The molecule has 116 valence electrons. The number of rotatable bonds is 8. The molecule has 0 bridgehead atoms. The molecule has 0 spiro atoms. The van der Waals surface area contributed by atoms with Gasteiger partial charge in [0.05, 0.1) is 6.04 Å². The van der Waals surface area contributed by atoms with Gasteiger partial charge in [-0.3, -0.25) is 10.1 Å². The van der Waals surface area contributed by atoms with Crippen molar-refractivity contribution in [2.24, 2.45) is 5.92 Å². The zero-order valence-corrected chi connectivity index (χ0v) is 13.4. The van der Waals surface area contributed by atoms with Gasteiger partial charge in [-0.05, 0) is 54.0 Å². The quantitative estimate of drug-likeness (QED) is 0.751. The van der Waals surface area contributed by atoms with E-state index >= 15 is 0 Å². The van der Waals surface area contributed by atoms with Crippen LogP contribution >= 0.6 is 11.3 Å². The van der Waals surface area contributed by atoms with Crippen molar-refractivity contribution in [3.63, 3.8) is 0 Å². The van der Waals surface area contributed by atoms with Crippen LogP contribution in [0.3, 0.4) is 0 Å². The number of carbonyl (C=O) groups excluding carboxylic acids is 1. The molecule has 1 amide bonds. The molecule has 2 aliphatic rings. The minimum absolute atomic E-state index is 0.0390. The van der Waals surface area contributed by atoms with E-state index in [9.17, 15) is 4.79 Å². The highest BCUT2D eigenvalue weighted by molar-refractivity contribution is 7.07. The Morgan fingerprint density at radius 1 is 1.48 bits per heavy atom. The van der Waals surface area contributed by atoms with Gasteiger partial charge in [0.1, 0.15) is 6.17 Å². The van der Waals surface area contributed by atoms with E-state index in [4.69, 9.17) is 4.74 Å². The molecule has 0 aromatic carbocycles. The van der Waals surface area contributed by atoms with Crippen LogP contribution in [0.2, 0.25) is 0 Å². The Kier molecular flexibility index (Phi) is 4.93. The van der Waals surface area contributed by atoms with Gasteiger partial charge in [0, 0.05) is 19.8 Å². The lowest BCUT2D eigenvalue weighted by molar-refractivity contribution is -0.130. The normalized spacial score (nSPS) is 25.8. The second-order valence-electron chi connectivity index (χ2n) is 5.99. The molecule has 0 radical (unpaired) electrons. The number of carbonyl (C=O) groups is 1. The van der Waals surface area contributed by atoms with Crippen LogP contribution in [0.5, 0.6) is 0 Å². The maximum atomic E-state index is 12.5. The van der Waals surface area contributed by atoms with Gasteiger partial charge >= 0.3 is 0 Å². The van der Waals surface area contributed by atoms with Crippen LogP contribution in [-0.2, 0) is 9.53 Å². The average Bonchev–Trinajstić information content (AvgIpc) is 3.04. The summed E-state index contributed by atoms with van der Waals surface area (Å²) in [5.74, 6) is 1.04. The van der Waals surface area contributed by atoms with Crippen molar-refractivity contribution in [3.05, 3.63) is 22.4 Å². The van der Waals surface area contributed by atoms with Crippen LogP contribution in [0.1, 0.15) is 44.3 Å². The summed E-state index contributed by atoms with van der Waals surface area (Å²) in [6, 6.07) is 2.06. The molecule has 1 aromatic rings. The van der Waals surface area contributed by atoms with Crippen LogP contribution in [0.15, 0.2) is 16.8 Å². The lowest BCUT2D eigenvalue weighted by Gasteiger charge is -2.23. The lowest BCUT2D eigenvalue weighted by atomic mass is 10.2. The lowest BCUT2D eigenvalue weighted by Crippen LogP contribution is -2.32. The number of thiophene rings is 1. The molecule has 2 fully saturated rings. The zero-order chi connectivity index (χ0) is 14.7. The third kappa shape index (κ3) is 3.65. The minimum atomic E-state index is -0.0396. The molecule has 2 atom stereocenters. The van der Waals surface area contributed by atoms with Crippen LogP contribution in [0.25, 0.3) is 0 Å². The number of ether oxygens (including phenoxy) is 1. The number of nitrogens with one attached hydrogen (secondary N) is 1. The predicted octanol–water partition coefficient (Wildman–Crippen LogP) is 2.77. The number of hydrogen-bond donors (Lipinski definition) is 1. The average molecular weight is 308 g/mol. The van der Waals surface area contributed by atoms with E-state index in [1.54, 1.807) is 11.3 Å². The van der Waals surface area contributed by atoms with E-state index in [0.29, 0.717) is 0 Å². The van der Waals surface area contributed by atoms with Gasteiger partial charge in [0.25, 0.3) is 0 Å². The van der Waals surface area contributed by atoms with Crippen LogP contribution in [-0.4, -0.2) is 36.6 Å². The maximum absolute atomic E-state index is 12.5. The van der Waals surface area contributed by atoms with Crippen LogP contribution < -0.4 is 5.32 Å². The van der Waals surface area contributed by atoms with E-state index in [-0.39, 0.29) is 18.1 Å². The van der Waals surface area contributed by atoms with E-state index in [0.717, 1.165) is 38.5 Å². The first kappa shape index (κ1) is 15.0. The highest BCUT2D eigenvalue weighted by atomic mass is 32.1. The Hall–Kier alpha value is -0.910. The maximum Gasteiger partial charge on any atom is 0.241 e. The molecule has 1 aromatic heterocycles. The molecule has 5 heteroatoms. The van der Waals surface area contributed by atoms with Gasteiger partial charge in [-0.1, -0.05) is 6.92 Å². The molecular weight excluding hydrogens is 284 g/mol. The third-order valence-corrected chi connectivity index (χ3v) is 4.96. The first-order valence-corrected chi connectivity index (χ1v) is 8.90. The third-order valence-electron chi connectivity index (χ3n) is 4.26. The Balaban J connectivity index is 1.52. The molecule has 2 unspecified atom stereocenters.